The van der Waals surface area contributed by atoms with Gasteiger partial charge in [-0.05, 0) is 19.1 Å². The first-order chi connectivity index (χ1) is 5.74. The van der Waals surface area contributed by atoms with E-state index in [0.29, 0.717) is 6.61 Å². The molecule has 2 N–H and O–H groups in total. The van der Waals surface area contributed by atoms with Crippen molar-refractivity contribution in [1.82, 2.24) is 10.2 Å². The lowest BCUT2D eigenvalue weighted by atomic mass is 10.2. The molecule has 0 saturated carbocycles. The molecule has 0 aromatic carbocycles. The van der Waals surface area contributed by atoms with Crippen LogP contribution in [0, 0.1) is 6.92 Å². The van der Waals surface area contributed by atoms with Gasteiger partial charge in [-0.1, -0.05) is 0 Å². The highest BCUT2D eigenvalue weighted by Crippen LogP contribution is 2.05. The number of hydrogen-bond acceptors (Lipinski definition) is 4. The Kier molecular flexibility index (Phi) is 3.13. The Balaban J connectivity index is 2.68. The molecule has 1 unspecified atom stereocenters. The van der Waals surface area contributed by atoms with Crippen molar-refractivity contribution < 1.29 is 4.74 Å². The van der Waals surface area contributed by atoms with Crippen molar-refractivity contribution in [2.75, 3.05) is 13.7 Å². The van der Waals surface area contributed by atoms with Crippen molar-refractivity contribution >= 4 is 0 Å². The van der Waals surface area contributed by atoms with Crippen molar-refractivity contribution in [2.24, 2.45) is 5.73 Å². The molecule has 0 fully saturated rings. The second-order valence-corrected chi connectivity index (χ2v) is 2.66. The van der Waals surface area contributed by atoms with E-state index in [9.17, 15) is 0 Å². The molecule has 0 spiro atoms. The topological polar surface area (TPSA) is 61.0 Å². The summed E-state index contributed by atoms with van der Waals surface area (Å²) in [6.07, 6.45) is 0. The zero-order chi connectivity index (χ0) is 8.97. The molecule has 1 rings (SSSR count). The van der Waals surface area contributed by atoms with Gasteiger partial charge in [0.15, 0.2) is 0 Å². The first-order valence-electron chi connectivity index (χ1n) is 3.79. The lowest BCUT2D eigenvalue weighted by Crippen LogP contribution is -2.17. The predicted molar refractivity (Wildman–Crippen MR) is 45.6 cm³/mol. The molecular formula is C8H13N3O. The van der Waals surface area contributed by atoms with Gasteiger partial charge in [-0.3, -0.25) is 0 Å². The van der Waals surface area contributed by atoms with E-state index < -0.39 is 0 Å². The molecule has 66 valence electrons. The molecule has 0 radical (unpaired) electrons. The molecule has 0 saturated heterocycles. The Labute approximate surface area is 71.8 Å². The van der Waals surface area contributed by atoms with Gasteiger partial charge in [0.05, 0.1) is 24.0 Å². The van der Waals surface area contributed by atoms with Crippen molar-refractivity contribution in [3.63, 3.8) is 0 Å². The number of aromatic nitrogens is 2. The third-order valence-corrected chi connectivity index (χ3v) is 1.54. The highest BCUT2D eigenvalue weighted by molar-refractivity contribution is 5.08. The predicted octanol–water partition coefficient (Wildman–Crippen LogP) is 0.431. The van der Waals surface area contributed by atoms with E-state index in [1.54, 1.807) is 7.11 Å². The molecule has 4 heteroatoms. The third-order valence-electron chi connectivity index (χ3n) is 1.54. The Morgan fingerprint density at radius 1 is 1.50 bits per heavy atom. The molecule has 12 heavy (non-hydrogen) atoms. The van der Waals surface area contributed by atoms with Crippen LogP contribution in [-0.4, -0.2) is 23.9 Å². The van der Waals surface area contributed by atoms with Crippen LogP contribution in [0.5, 0.6) is 0 Å². The zero-order valence-corrected chi connectivity index (χ0v) is 7.32. The molecule has 1 heterocycles. The maximum atomic E-state index is 5.73. The monoisotopic (exact) mass is 167 g/mol. The summed E-state index contributed by atoms with van der Waals surface area (Å²) >= 11 is 0. The summed E-state index contributed by atoms with van der Waals surface area (Å²) in [6, 6.07) is 3.58. The molecule has 0 amide bonds. The van der Waals surface area contributed by atoms with Gasteiger partial charge in [0, 0.05) is 7.11 Å². The third kappa shape index (κ3) is 2.25. The first kappa shape index (κ1) is 9.09. The fourth-order valence-electron chi connectivity index (χ4n) is 0.872. The standard InChI is InChI=1S/C8H13N3O/c1-6-3-4-8(11-10-6)7(9)5-12-2/h3-4,7H,5,9H2,1-2H3. The van der Waals surface area contributed by atoms with Crippen LogP contribution in [0.3, 0.4) is 0 Å². The minimum Gasteiger partial charge on any atom is -0.383 e. The summed E-state index contributed by atoms with van der Waals surface area (Å²) in [5.74, 6) is 0. The van der Waals surface area contributed by atoms with Crippen LogP contribution in [0.1, 0.15) is 17.4 Å². The van der Waals surface area contributed by atoms with Gasteiger partial charge in [-0.2, -0.15) is 10.2 Å². The number of nitrogens with two attached hydrogens (primary N) is 1. The molecule has 4 nitrogen and oxygen atoms in total. The molecule has 0 aliphatic rings. The van der Waals surface area contributed by atoms with E-state index in [1.807, 2.05) is 19.1 Å². The minimum absolute atomic E-state index is 0.178. The van der Waals surface area contributed by atoms with Gasteiger partial charge in [0.2, 0.25) is 0 Å². The zero-order valence-electron chi connectivity index (χ0n) is 7.32. The van der Waals surface area contributed by atoms with Crippen molar-refractivity contribution in [3.8, 4) is 0 Å². The average molecular weight is 167 g/mol. The fourth-order valence-corrected chi connectivity index (χ4v) is 0.872. The smallest absolute Gasteiger partial charge is 0.0822 e. The van der Waals surface area contributed by atoms with Crippen LogP contribution < -0.4 is 5.73 Å². The van der Waals surface area contributed by atoms with Crippen LogP contribution in [0.25, 0.3) is 0 Å². The Bertz CT molecular complexity index is 235. The van der Waals surface area contributed by atoms with E-state index >= 15 is 0 Å². The molecule has 1 aromatic rings. The SMILES string of the molecule is COCC(N)c1ccc(C)nn1. The minimum atomic E-state index is -0.178. The Morgan fingerprint density at radius 3 is 2.75 bits per heavy atom. The summed E-state index contributed by atoms with van der Waals surface area (Å²) in [4.78, 5) is 0. The van der Waals surface area contributed by atoms with Crippen LogP contribution in [0.2, 0.25) is 0 Å². The summed E-state index contributed by atoms with van der Waals surface area (Å²) < 4.78 is 4.90. The van der Waals surface area contributed by atoms with E-state index in [2.05, 4.69) is 10.2 Å². The number of hydrogen-bond donors (Lipinski definition) is 1. The second-order valence-electron chi connectivity index (χ2n) is 2.66. The van der Waals surface area contributed by atoms with E-state index in [0.717, 1.165) is 11.4 Å². The van der Waals surface area contributed by atoms with Crippen molar-refractivity contribution in [1.29, 1.82) is 0 Å². The number of rotatable bonds is 3. The second kappa shape index (κ2) is 4.13. The lowest BCUT2D eigenvalue weighted by molar-refractivity contribution is 0.179. The molecule has 0 aliphatic heterocycles. The molecule has 0 bridgehead atoms. The fraction of sp³-hybridized carbons (Fsp3) is 0.500. The van der Waals surface area contributed by atoms with Crippen LogP contribution in [0.15, 0.2) is 12.1 Å². The van der Waals surface area contributed by atoms with Gasteiger partial charge in [0.25, 0.3) is 0 Å². The quantitative estimate of drug-likeness (QED) is 0.709. The Hall–Kier alpha value is -1.00. The summed E-state index contributed by atoms with van der Waals surface area (Å²) in [6.45, 7) is 2.36. The first-order valence-corrected chi connectivity index (χ1v) is 3.79. The molecular weight excluding hydrogens is 154 g/mol. The Morgan fingerprint density at radius 2 is 2.25 bits per heavy atom. The highest BCUT2D eigenvalue weighted by Gasteiger charge is 2.06. The van der Waals surface area contributed by atoms with Crippen molar-refractivity contribution in [2.45, 2.75) is 13.0 Å². The van der Waals surface area contributed by atoms with E-state index in [-0.39, 0.29) is 6.04 Å². The molecule has 1 atom stereocenters. The summed E-state index contributed by atoms with van der Waals surface area (Å²) in [7, 11) is 1.61. The molecule has 0 aliphatic carbocycles. The maximum absolute atomic E-state index is 5.73. The molecule has 1 aromatic heterocycles. The number of ether oxygens (including phenoxy) is 1. The van der Waals surface area contributed by atoms with Gasteiger partial charge < -0.3 is 10.5 Å². The largest absolute Gasteiger partial charge is 0.383 e. The van der Waals surface area contributed by atoms with Gasteiger partial charge in [-0.15, -0.1) is 0 Å². The van der Waals surface area contributed by atoms with Crippen LogP contribution in [-0.2, 0) is 4.74 Å². The maximum Gasteiger partial charge on any atom is 0.0822 e. The number of methoxy groups -OCH3 is 1. The number of aryl methyl sites for hydroxylation is 1. The number of nitrogens with zero attached hydrogens (tertiary/aromatic N) is 2. The van der Waals surface area contributed by atoms with Gasteiger partial charge >= 0.3 is 0 Å². The summed E-state index contributed by atoms with van der Waals surface area (Å²) in [5.41, 5.74) is 7.39. The average Bonchev–Trinajstić information content (AvgIpc) is 2.06. The summed E-state index contributed by atoms with van der Waals surface area (Å²) in [5, 5.41) is 7.84. The van der Waals surface area contributed by atoms with Crippen molar-refractivity contribution in [3.05, 3.63) is 23.5 Å². The normalized spacial score (nSPS) is 12.9. The lowest BCUT2D eigenvalue weighted by Gasteiger charge is -2.08. The van der Waals surface area contributed by atoms with E-state index in [1.165, 1.54) is 0 Å². The van der Waals surface area contributed by atoms with Crippen LogP contribution in [0.4, 0.5) is 0 Å². The van der Waals surface area contributed by atoms with Gasteiger partial charge in [0.1, 0.15) is 0 Å². The van der Waals surface area contributed by atoms with Gasteiger partial charge in [-0.25, -0.2) is 0 Å². The highest BCUT2D eigenvalue weighted by atomic mass is 16.5. The van der Waals surface area contributed by atoms with Crippen LogP contribution >= 0.6 is 0 Å². The van der Waals surface area contributed by atoms with E-state index in [4.69, 9.17) is 10.5 Å².